The lowest BCUT2D eigenvalue weighted by atomic mass is 9.96. The molecule has 2 aromatic carbocycles. The van der Waals surface area contributed by atoms with Crippen LogP contribution in [0.25, 0.3) is 0 Å². The van der Waals surface area contributed by atoms with Gasteiger partial charge in [-0.2, -0.15) is 0 Å². The van der Waals surface area contributed by atoms with Crippen molar-refractivity contribution in [1.82, 2.24) is 0 Å². The highest BCUT2D eigenvalue weighted by Crippen LogP contribution is 2.24. The lowest BCUT2D eigenvalue weighted by molar-refractivity contribution is -0.122. The van der Waals surface area contributed by atoms with Gasteiger partial charge >= 0.3 is 0 Å². The smallest absolute Gasteiger partial charge is 0.243 e. The van der Waals surface area contributed by atoms with Gasteiger partial charge in [0.25, 0.3) is 0 Å². The van der Waals surface area contributed by atoms with Crippen LogP contribution in [-0.4, -0.2) is 38.5 Å². The van der Waals surface area contributed by atoms with Crippen LogP contribution >= 0.6 is 0 Å². The molecule has 0 aromatic heterocycles. The van der Waals surface area contributed by atoms with E-state index in [2.05, 4.69) is 10.2 Å². The summed E-state index contributed by atoms with van der Waals surface area (Å²) in [5, 5.41) is 2.93. The van der Waals surface area contributed by atoms with E-state index >= 15 is 0 Å². The normalized spacial score (nSPS) is 14.6. The standard InChI is InChI=1S/C21H26N4O2/c1-24(18-5-3-2-4-6-18)15-20(26)23-17-7-9-19(10-8-17)25-13-11-16(12-14-25)21(22)27/h2-10,16H,11-15H2,1H3,(H2,22,27)(H,23,26). The minimum Gasteiger partial charge on any atom is -0.371 e. The highest BCUT2D eigenvalue weighted by Gasteiger charge is 2.23. The molecule has 0 atom stereocenters. The Morgan fingerprint density at radius 2 is 1.70 bits per heavy atom. The van der Waals surface area contributed by atoms with Gasteiger partial charge in [0, 0.05) is 43.1 Å². The number of hydrogen-bond donors (Lipinski definition) is 2. The van der Waals surface area contributed by atoms with Gasteiger partial charge < -0.3 is 20.9 Å². The van der Waals surface area contributed by atoms with Crippen molar-refractivity contribution in [2.24, 2.45) is 11.7 Å². The number of benzene rings is 2. The fraction of sp³-hybridized carbons (Fsp3) is 0.333. The van der Waals surface area contributed by atoms with E-state index in [9.17, 15) is 9.59 Å². The molecular formula is C21H26N4O2. The zero-order valence-corrected chi connectivity index (χ0v) is 15.6. The number of nitrogens with two attached hydrogens (primary N) is 1. The number of nitrogens with zero attached hydrogens (tertiary/aromatic N) is 2. The van der Waals surface area contributed by atoms with Crippen LogP contribution in [0.5, 0.6) is 0 Å². The minimum atomic E-state index is -0.201. The molecule has 3 N–H and O–H groups in total. The first-order chi connectivity index (χ1) is 13.0. The van der Waals surface area contributed by atoms with Crippen LogP contribution in [-0.2, 0) is 9.59 Å². The number of anilines is 3. The molecule has 0 bridgehead atoms. The maximum absolute atomic E-state index is 12.3. The Morgan fingerprint density at radius 3 is 2.30 bits per heavy atom. The van der Waals surface area contributed by atoms with Crippen molar-refractivity contribution in [3.63, 3.8) is 0 Å². The van der Waals surface area contributed by atoms with E-state index in [4.69, 9.17) is 5.73 Å². The number of carbonyl (C=O) groups excluding carboxylic acids is 2. The molecule has 1 fully saturated rings. The Bertz CT molecular complexity index is 769. The monoisotopic (exact) mass is 366 g/mol. The number of primary amides is 1. The Morgan fingerprint density at radius 1 is 1.07 bits per heavy atom. The number of amides is 2. The van der Waals surface area contributed by atoms with Crippen LogP contribution in [0.1, 0.15) is 12.8 Å². The molecule has 142 valence electrons. The largest absolute Gasteiger partial charge is 0.371 e. The van der Waals surface area contributed by atoms with Gasteiger partial charge in [-0.05, 0) is 49.2 Å². The van der Waals surface area contributed by atoms with Gasteiger partial charge in [-0.3, -0.25) is 9.59 Å². The SMILES string of the molecule is CN(CC(=O)Nc1ccc(N2CCC(C(N)=O)CC2)cc1)c1ccccc1. The lowest BCUT2D eigenvalue weighted by Crippen LogP contribution is -2.38. The highest BCUT2D eigenvalue weighted by molar-refractivity contribution is 5.94. The molecule has 2 aromatic rings. The summed E-state index contributed by atoms with van der Waals surface area (Å²) in [5.74, 6) is -0.272. The Balaban J connectivity index is 1.52. The van der Waals surface area contributed by atoms with Crippen LogP contribution in [0.4, 0.5) is 17.1 Å². The van der Waals surface area contributed by atoms with Gasteiger partial charge in [0.15, 0.2) is 0 Å². The van der Waals surface area contributed by atoms with E-state index in [0.29, 0.717) is 0 Å². The van der Waals surface area contributed by atoms with E-state index in [1.807, 2.05) is 66.5 Å². The van der Waals surface area contributed by atoms with Crippen LogP contribution < -0.4 is 20.9 Å². The molecule has 1 aliphatic heterocycles. The lowest BCUT2D eigenvalue weighted by Gasteiger charge is -2.32. The number of piperidine rings is 1. The fourth-order valence-electron chi connectivity index (χ4n) is 3.37. The first-order valence-electron chi connectivity index (χ1n) is 9.23. The van der Waals surface area contributed by atoms with Crippen LogP contribution in [0.2, 0.25) is 0 Å². The number of carbonyl (C=O) groups is 2. The molecule has 0 aliphatic carbocycles. The maximum atomic E-state index is 12.3. The molecule has 0 saturated carbocycles. The Hall–Kier alpha value is -3.02. The van der Waals surface area contributed by atoms with Crippen molar-refractivity contribution in [2.75, 3.05) is 41.8 Å². The van der Waals surface area contributed by atoms with E-state index in [1.54, 1.807) is 0 Å². The summed E-state index contributed by atoms with van der Waals surface area (Å²) in [6, 6.07) is 17.6. The maximum Gasteiger partial charge on any atom is 0.243 e. The number of nitrogens with one attached hydrogen (secondary N) is 1. The van der Waals surface area contributed by atoms with Crippen molar-refractivity contribution in [2.45, 2.75) is 12.8 Å². The summed E-state index contributed by atoms with van der Waals surface area (Å²) in [6.45, 7) is 1.93. The fourth-order valence-corrected chi connectivity index (χ4v) is 3.37. The molecule has 6 nitrogen and oxygen atoms in total. The number of likely N-dealkylation sites (N-methyl/N-ethyl adjacent to an activating group) is 1. The second-order valence-electron chi connectivity index (χ2n) is 6.95. The summed E-state index contributed by atoms with van der Waals surface area (Å²) in [4.78, 5) is 27.7. The predicted molar refractivity (Wildman–Crippen MR) is 109 cm³/mol. The Kier molecular flexibility index (Phi) is 5.96. The van der Waals surface area contributed by atoms with Crippen molar-refractivity contribution in [3.05, 3.63) is 54.6 Å². The molecule has 1 heterocycles. The van der Waals surface area contributed by atoms with Gasteiger partial charge in [0.1, 0.15) is 0 Å². The number of para-hydroxylation sites is 1. The van der Waals surface area contributed by atoms with E-state index in [-0.39, 0.29) is 24.3 Å². The third-order valence-electron chi connectivity index (χ3n) is 4.99. The van der Waals surface area contributed by atoms with Gasteiger partial charge in [0.2, 0.25) is 11.8 Å². The molecule has 0 spiro atoms. The molecule has 1 saturated heterocycles. The molecule has 27 heavy (non-hydrogen) atoms. The van der Waals surface area contributed by atoms with Crippen molar-refractivity contribution in [1.29, 1.82) is 0 Å². The van der Waals surface area contributed by atoms with Gasteiger partial charge in [-0.1, -0.05) is 18.2 Å². The summed E-state index contributed by atoms with van der Waals surface area (Å²) < 4.78 is 0. The topological polar surface area (TPSA) is 78.7 Å². The molecular weight excluding hydrogens is 340 g/mol. The van der Waals surface area contributed by atoms with Gasteiger partial charge in [-0.25, -0.2) is 0 Å². The first-order valence-corrected chi connectivity index (χ1v) is 9.23. The van der Waals surface area contributed by atoms with Crippen molar-refractivity contribution in [3.8, 4) is 0 Å². The summed E-state index contributed by atoms with van der Waals surface area (Å²) in [7, 11) is 1.90. The van der Waals surface area contributed by atoms with E-state index < -0.39 is 0 Å². The molecule has 1 aliphatic rings. The molecule has 6 heteroatoms. The molecule has 0 unspecified atom stereocenters. The molecule has 3 rings (SSSR count). The first kappa shape index (κ1) is 18.8. The zero-order chi connectivity index (χ0) is 19.2. The van der Waals surface area contributed by atoms with Crippen LogP contribution in [0.15, 0.2) is 54.6 Å². The quantitative estimate of drug-likeness (QED) is 0.823. The van der Waals surface area contributed by atoms with Crippen molar-refractivity contribution < 1.29 is 9.59 Å². The summed E-state index contributed by atoms with van der Waals surface area (Å²) in [6.07, 6.45) is 1.58. The third kappa shape index (κ3) is 5.00. The average molecular weight is 366 g/mol. The summed E-state index contributed by atoms with van der Waals surface area (Å²) in [5.41, 5.74) is 8.26. The second kappa shape index (κ2) is 8.58. The summed E-state index contributed by atoms with van der Waals surface area (Å²) >= 11 is 0. The zero-order valence-electron chi connectivity index (χ0n) is 15.6. The van der Waals surface area contributed by atoms with Crippen molar-refractivity contribution >= 4 is 28.9 Å². The predicted octanol–water partition coefficient (Wildman–Crippen LogP) is 2.46. The van der Waals surface area contributed by atoms with E-state index in [0.717, 1.165) is 43.0 Å². The minimum absolute atomic E-state index is 0.0126. The van der Waals surface area contributed by atoms with E-state index in [1.165, 1.54) is 0 Å². The second-order valence-corrected chi connectivity index (χ2v) is 6.95. The third-order valence-corrected chi connectivity index (χ3v) is 4.99. The van der Waals surface area contributed by atoms with Crippen LogP contribution in [0.3, 0.4) is 0 Å². The number of hydrogen-bond acceptors (Lipinski definition) is 4. The highest BCUT2D eigenvalue weighted by atomic mass is 16.2. The Labute approximate surface area is 159 Å². The average Bonchev–Trinajstić information content (AvgIpc) is 2.69. The van der Waals surface area contributed by atoms with Gasteiger partial charge in [0.05, 0.1) is 6.54 Å². The molecule has 0 radical (unpaired) electrons. The molecule has 2 amide bonds. The number of rotatable bonds is 6. The van der Waals surface area contributed by atoms with Gasteiger partial charge in [-0.15, -0.1) is 0 Å². The van der Waals surface area contributed by atoms with Crippen LogP contribution in [0, 0.1) is 5.92 Å².